The largest absolute Gasteiger partial charge is 0.497 e. The van der Waals surface area contributed by atoms with Crippen LogP contribution in [0.3, 0.4) is 0 Å². The van der Waals surface area contributed by atoms with Gasteiger partial charge in [-0.3, -0.25) is 9.69 Å². The number of piperazine rings is 1. The molecule has 1 saturated heterocycles. The van der Waals surface area contributed by atoms with E-state index in [1.807, 2.05) is 18.2 Å². The highest BCUT2D eigenvalue weighted by molar-refractivity contribution is 5.82. The number of rotatable bonds is 6. The molecular formula is C24H28FN3O2. The standard InChI is InChI=1S/C24H28FN3O2/c1-3-10-26-24(29)21-13-18-6-9-20(30-2)14-22(18)28-12-11-27(16-23(21)28)15-17-4-7-19(25)8-5-17/h3-9,14,21,23H,1,10-13,15-16H2,2H3,(H,26,29)/t21-,23+/m0/s1. The Labute approximate surface area is 177 Å². The number of carbonyl (C=O) groups is 1. The number of nitrogens with one attached hydrogen (secondary N) is 1. The maximum absolute atomic E-state index is 13.2. The molecule has 6 heteroatoms. The first-order chi connectivity index (χ1) is 14.6. The lowest BCUT2D eigenvalue weighted by Crippen LogP contribution is -2.60. The first-order valence-corrected chi connectivity index (χ1v) is 10.4. The Morgan fingerprint density at radius 1 is 1.27 bits per heavy atom. The van der Waals surface area contributed by atoms with Gasteiger partial charge in [-0.15, -0.1) is 6.58 Å². The summed E-state index contributed by atoms with van der Waals surface area (Å²) in [5.74, 6) is 0.535. The van der Waals surface area contributed by atoms with Gasteiger partial charge in [0.15, 0.2) is 0 Å². The van der Waals surface area contributed by atoms with E-state index in [2.05, 4.69) is 33.8 Å². The van der Waals surface area contributed by atoms with Gasteiger partial charge in [-0.1, -0.05) is 24.3 Å². The second kappa shape index (κ2) is 8.88. The lowest BCUT2D eigenvalue weighted by atomic mass is 9.83. The number of ether oxygens (including phenoxy) is 1. The molecule has 0 bridgehead atoms. The Hall–Kier alpha value is -2.86. The molecule has 158 valence electrons. The molecule has 2 heterocycles. The minimum Gasteiger partial charge on any atom is -0.497 e. The fourth-order valence-corrected chi connectivity index (χ4v) is 4.56. The highest BCUT2D eigenvalue weighted by Gasteiger charge is 2.41. The molecule has 0 unspecified atom stereocenters. The zero-order chi connectivity index (χ0) is 21.1. The van der Waals surface area contributed by atoms with Crippen LogP contribution >= 0.6 is 0 Å². The molecule has 4 rings (SSSR count). The van der Waals surface area contributed by atoms with E-state index in [1.54, 1.807) is 13.2 Å². The van der Waals surface area contributed by atoms with Gasteiger partial charge in [-0.25, -0.2) is 4.39 Å². The number of amides is 1. The van der Waals surface area contributed by atoms with Crippen molar-refractivity contribution in [1.29, 1.82) is 0 Å². The second-order valence-electron chi connectivity index (χ2n) is 7.96. The van der Waals surface area contributed by atoms with Crippen LogP contribution < -0.4 is 15.0 Å². The lowest BCUT2D eigenvalue weighted by Gasteiger charge is -2.49. The van der Waals surface area contributed by atoms with Crippen molar-refractivity contribution >= 4 is 11.6 Å². The van der Waals surface area contributed by atoms with E-state index in [0.29, 0.717) is 13.0 Å². The van der Waals surface area contributed by atoms with Crippen LogP contribution in [0, 0.1) is 11.7 Å². The fraction of sp³-hybridized carbons (Fsp3) is 0.375. The lowest BCUT2D eigenvalue weighted by molar-refractivity contribution is -0.126. The Bertz CT molecular complexity index is 915. The van der Waals surface area contributed by atoms with Crippen LogP contribution in [0.25, 0.3) is 0 Å². The van der Waals surface area contributed by atoms with Gasteiger partial charge in [0.25, 0.3) is 0 Å². The Morgan fingerprint density at radius 3 is 2.80 bits per heavy atom. The van der Waals surface area contributed by atoms with Gasteiger partial charge < -0.3 is 15.0 Å². The monoisotopic (exact) mass is 409 g/mol. The molecular weight excluding hydrogens is 381 g/mol. The number of halogens is 1. The molecule has 0 aliphatic carbocycles. The fourth-order valence-electron chi connectivity index (χ4n) is 4.56. The van der Waals surface area contributed by atoms with Crippen molar-refractivity contribution in [2.45, 2.75) is 19.0 Å². The molecule has 2 aromatic rings. The number of benzene rings is 2. The normalized spacial score (nSPS) is 20.8. The van der Waals surface area contributed by atoms with Gasteiger partial charge in [-0.2, -0.15) is 0 Å². The number of nitrogens with zero attached hydrogens (tertiary/aromatic N) is 2. The quantitative estimate of drug-likeness (QED) is 0.745. The molecule has 5 nitrogen and oxygen atoms in total. The summed E-state index contributed by atoms with van der Waals surface area (Å²) in [4.78, 5) is 17.7. The van der Waals surface area contributed by atoms with Gasteiger partial charge in [0.2, 0.25) is 5.91 Å². The minimum absolute atomic E-state index is 0.0648. The van der Waals surface area contributed by atoms with Crippen molar-refractivity contribution in [3.63, 3.8) is 0 Å². The third kappa shape index (κ3) is 4.19. The summed E-state index contributed by atoms with van der Waals surface area (Å²) in [6.45, 7) is 7.41. The number of carbonyl (C=O) groups excluding carboxylic acids is 1. The summed E-state index contributed by atoms with van der Waals surface area (Å²) >= 11 is 0. The van der Waals surface area contributed by atoms with E-state index in [-0.39, 0.29) is 23.7 Å². The van der Waals surface area contributed by atoms with Gasteiger partial charge in [0, 0.05) is 44.5 Å². The van der Waals surface area contributed by atoms with Gasteiger partial charge in [0.1, 0.15) is 11.6 Å². The zero-order valence-electron chi connectivity index (χ0n) is 17.3. The van der Waals surface area contributed by atoms with Gasteiger partial charge in [0.05, 0.1) is 19.1 Å². The molecule has 0 radical (unpaired) electrons. The number of hydrogen-bond donors (Lipinski definition) is 1. The molecule has 2 atom stereocenters. The van der Waals surface area contributed by atoms with Crippen LogP contribution in [0.5, 0.6) is 5.75 Å². The van der Waals surface area contributed by atoms with E-state index in [4.69, 9.17) is 4.74 Å². The average Bonchev–Trinajstić information content (AvgIpc) is 2.78. The third-order valence-corrected chi connectivity index (χ3v) is 6.09. The molecule has 2 aliphatic rings. The molecule has 2 aliphatic heterocycles. The molecule has 30 heavy (non-hydrogen) atoms. The van der Waals surface area contributed by atoms with Crippen LogP contribution in [-0.4, -0.2) is 50.1 Å². The topological polar surface area (TPSA) is 44.8 Å². The smallest absolute Gasteiger partial charge is 0.225 e. The number of fused-ring (bicyclic) bond motifs is 3. The Balaban J connectivity index is 1.58. The average molecular weight is 410 g/mol. The zero-order valence-corrected chi connectivity index (χ0v) is 17.3. The summed E-state index contributed by atoms with van der Waals surface area (Å²) in [7, 11) is 1.67. The van der Waals surface area contributed by atoms with Crippen molar-refractivity contribution in [3.8, 4) is 5.75 Å². The number of hydrogen-bond acceptors (Lipinski definition) is 4. The molecule has 1 N–H and O–H groups in total. The minimum atomic E-state index is -0.222. The van der Waals surface area contributed by atoms with Crippen molar-refractivity contribution in [1.82, 2.24) is 10.2 Å². The number of anilines is 1. The number of methoxy groups -OCH3 is 1. The Kier molecular flexibility index (Phi) is 6.04. The van der Waals surface area contributed by atoms with Crippen LogP contribution in [0.2, 0.25) is 0 Å². The SMILES string of the molecule is C=CCNC(=O)[C@H]1Cc2ccc(OC)cc2N2CCN(Cc3ccc(F)cc3)C[C@H]12. The molecule has 0 aromatic heterocycles. The van der Waals surface area contributed by atoms with Crippen molar-refractivity contribution in [2.24, 2.45) is 5.92 Å². The van der Waals surface area contributed by atoms with Crippen LogP contribution in [-0.2, 0) is 17.8 Å². The van der Waals surface area contributed by atoms with Crippen molar-refractivity contribution < 1.29 is 13.9 Å². The van der Waals surface area contributed by atoms with Crippen molar-refractivity contribution in [2.75, 3.05) is 38.2 Å². The van der Waals surface area contributed by atoms with Crippen LogP contribution in [0.4, 0.5) is 10.1 Å². The second-order valence-corrected chi connectivity index (χ2v) is 7.96. The highest BCUT2D eigenvalue weighted by atomic mass is 19.1. The predicted molar refractivity (Wildman–Crippen MR) is 116 cm³/mol. The van der Waals surface area contributed by atoms with E-state index in [9.17, 15) is 9.18 Å². The molecule has 1 fully saturated rings. The Morgan fingerprint density at radius 2 is 2.07 bits per heavy atom. The maximum atomic E-state index is 13.2. The maximum Gasteiger partial charge on any atom is 0.225 e. The summed E-state index contributed by atoms with van der Waals surface area (Å²) in [6.07, 6.45) is 2.41. The summed E-state index contributed by atoms with van der Waals surface area (Å²) in [5, 5.41) is 2.99. The van der Waals surface area contributed by atoms with Crippen molar-refractivity contribution in [3.05, 3.63) is 72.1 Å². The first kappa shape index (κ1) is 20.4. The van der Waals surface area contributed by atoms with E-state index in [0.717, 1.165) is 43.2 Å². The molecule has 1 amide bonds. The summed E-state index contributed by atoms with van der Waals surface area (Å²) in [5.41, 5.74) is 3.42. The van der Waals surface area contributed by atoms with Gasteiger partial charge >= 0.3 is 0 Å². The summed E-state index contributed by atoms with van der Waals surface area (Å²) < 4.78 is 18.7. The van der Waals surface area contributed by atoms with E-state index >= 15 is 0 Å². The molecule has 0 spiro atoms. The first-order valence-electron chi connectivity index (χ1n) is 10.4. The molecule has 2 aromatic carbocycles. The highest BCUT2D eigenvalue weighted by Crippen LogP contribution is 2.38. The van der Waals surface area contributed by atoms with E-state index in [1.165, 1.54) is 17.7 Å². The molecule has 0 saturated carbocycles. The van der Waals surface area contributed by atoms with Crippen LogP contribution in [0.1, 0.15) is 11.1 Å². The van der Waals surface area contributed by atoms with Gasteiger partial charge in [-0.05, 0) is 35.7 Å². The third-order valence-electron chi connectivity index (χ3n) is 6.09. The van der Waals surface area contributed by atoms with Crippen LogP contribution in [0.15, 0.2) is 55.1 Å². The predicted octanol–water partition coefficient (Wildman–Crippen LogP) is 3.00. The van der Waals surface area contributed by atoms with E-state index < -0.39 is 0 Å². The summed E-state index contributed by atoms with van der Waals surface area (Å²) in [6, 6.07) is 12.8.